The molecule has 2 aliphatic heterocycles. The zero-order valence-corrected chi connectivity index (χ0v) is 15.1. The van der Waals surface area contributed by atoms with Crippen LogP contribution < -0.4 is 9.30 Å². The standard InChI is InChI=1S/C18H20N5O3/c1-5-21-16(24)14-15(20(3)18(21)25)19-17-22(14)10-11(2)23(17)12-7-6-8-13(9-12)26-4/h6-10,14H,5H2,1-4H3/q+1. The molecule has 1 atom stereocenters. The maximum Gasteiger partial charge on any atom is 0.406 e. The van der Waals surface area contributed by atoms with Crippen molar-refractivity contribution < 1.29 is 18.9 Å². The van der Waals surface area contributed by atoms with Crippen molar-refractivity contribution in [3.63, 3.8) is 0 Å². The van der Waals surface area contributed by atoms with Crippen molar-refractivity contribution in [2.45, 2.75) is 19.9 Å². The topological polar surface area (TPSA) is 71.0 Å². The Bertz CT molecular complexity index is 962. The molecule has 3 heterocycles. The van der Waals surface area contributed by atoms with E-state index < -0.39 is 6.04 Å². The third kappa shape index (κ3) is 2.08. The van der Waals surface area contributed by atoms with Crippen LogP contribution >= 0.6 is 0 Å². The number of amides is 3. The number of hydrogen-bond donors (Lipinski definition) is 0. The lowest BCUT2D eigenvalue weighted by Crippen LogP contribution is -2.62. The Balaban J connectivity index is 1.88. The van der Waals surface area contributed by atoms with Crippen LogP contribution in [-0.4, -0.2) is 52.8 Å². The largest absolute Gasteiger partial charge is 0.497 e. The van der Waals surface area contributed by atoms with Crippen LogP contribution in [0.1, 0.15) is 18.7 Å². The van der Waals surface area contributed by atoms with Crippen LogP contribution in [0.5, 0.6) is 5.75 Å². The molecule has 1 unspecified atom stereocenters. The number of aryl methyl sites for hydroxylation is 1. The van der Waals surface area contributed by atoms with E-state index in [1.165, 1.54) is 9.80 Å². The van der Waals surface area contributed by atoms with Gasteiger partial charge in [-0.3, -0.25) is 14.6 Å². The number of benzene rings is 1. The molecular formula is C18H20N5O3+. The number of likely N-dealkylation sites (N-methyl/N-ethyl adjacent to an activating group) is 2. The van der Waals surface area contributed by atoms with Gasteiger partial charge in [0.05, 0.1) is 7.11 Å². The highest BCUT2D eigenvalue weighted by Gasteiger charge is 2.52. The molecule has 8 nitrogen and oxygen atoms in total. The average molecular weight is 354 g/mol. The molecule has 0 radical (unpaired) electrons. The lowest BCUT2D eigenvalue weighted by molar-refractivity contribution is -0.676. The van der Waals surface area contributed by atoms with Crippen LogP contribution in [0, 0.1) is 6.92 Å². The van der Waals surface area contributed by atoms with E-state index in [1.807, 2.05) is 46.5 Å². The second-order valence-electron chi connectivity index (χ2n) is 6.31. The summed E-state index contributed by atoms with van der Waals surface area (Å²) >= 11 is 0. The Morgan fingerprint density at radius 3 is 2.77 bits per heavy atom. The van der Waals surface area contributed by atoms with Crippen molar-refractivity contribution in [2.24, 2.45) is 4.99 Å². The highest BCUT2D eigenvalue weighted by atomic mass is 16.5. The molecule has 1 fully saturated rings. The molecule has 0 bridgehead atoms. The molecule has 0 N–H and O–H groups in total. The van der Waals surface area contributed by atoms with Gasteiger partial charge in [0.1, 0.15) is 23.3 Å². The number of imide groups is 1. The van der Waals surface area contributed by atoms with Gasteiger partial charge in [-0.05, 0) is 26.0 Å². The van der Waals surface area contributed by atoms with Gasteiger partial charge in [-0.15, -0.1) is 0 Å². The Labute approximate surface area is 150 Å². The lowest BCUT2D eigenvalue weighted by Gasteiger charge is -2.32. The molecular weight excluding hydrogens is 334 g/mol. The lowest BCUT2D eigenvalue weighted by atomic mass is 10.1. The predicted octanol–water partition coefficient (Wildman–Crippen LogP) is 1.58. The number of methoxy groups -OCH3 is 1. The predicted molar refractivity (Wildman–Crippen MR) is 93.9 cm³/mol. The second-order valence-corrected chi connectivity index (χ2v) is 6.31. The van der Waals surface area contributed by atoms with E-state index >= 15 is 0 Å². The van der Waals surface area contributed by atoms with E-state index in [9.17, 15) is 9.59 Å². The fourth-order valence-corrected chi connectivity index (χ4v) is 3.54. The fourth-order valence-electron chi connectivity index (χ4n) is 3.54. The van der Waals surface area contributed by atoms with Crippen LogP contribution in [0.25, 0.3) is 5.69 Å². The van der Waals surface area contributed by atoms with Crippen molar-refractivity contribution in [2.75, 3.05) is 20.7 Å². The molecule has 1 saturated heterocycles. The van der Waals surface area contributed by atoms with Gasteiger partial charge in [-0.1, -0.05) is 11.1 Å². The van der Waals surface area contributed by atoms with Crippen LogP contribution in [0.15, 0.2) is 35.5 Å². The number of nitrogens with zero attached hydrogens (tertiary/aromatic N) is 5. The molecule has 8 heteroatoms. The van der Waals surface area contributed by atoms with E-state index in [0.717, 1.165) is 17.1 Å². The number of ether oxygens (including phenoxy) is 1. The Hall–Kier alpha value is -3.16. The minimum Gasteiger partial charge on any atom is -0.497 e. The van der Waals surface area contributed by atoms with Gasteiger partial charge in [0.15, 0.2) is 0 Å². The maximum absolute atomic E-state index is 12.9. The zero-order chi connectivity index (χ0) is 18.6. The number of carbonyl (C=O) groups is 2. The first-order valence-electron chi connectivity index (χ1n) is 8.43. The van der Waals surface area contributed by atoms with Gasteiger partial charge in [-0.2, -0.15) is 4.57 Å². The first kappa shape index (κ1) is 16.3. The molecule has 0 spiro atoms. The molecule has 1 aromatic heterocycles. The SMILES string of the molecule is CCN1C(=O)C2C(=Nc3n(-c4cccc(OC)c4)c(C)c[n+]32)N(C)C1=O. The first-order chi connectivity index (χ1) is 12.5. The van der Waals surface area contributed by atoms with Crippen molar-refractivity contribution in [3.05, 3.63) is 36.2 Å². The highest BCUT2D eigenvalue weighted by molar-refractivity contribution is 6.19. The van der Waals surface area contributed by atoms with E-state index in [-0.39, 0.29) is 11.9 Å². The third-order valence-electron chi connectivity index (χ3n) is 4.84. The number of carbonyl (C=O) groups excluding carboxylic acids is 2. The number of aromatic nitrogens is 2. The summed E-state index contributed by atoms with van der Waals surface area (Å²) in [7, 11) is 3.27. The summed E-state index contributed by atoms with van der Waals surface area (Å²) in [4.78, 5) is 32.6. The van der Waals surface area contributed by atoms with Gasteiger partial charge in [0, 0.05) is 19.7 Å². The van der Waals surface area contributed by atoms with Gasteiger partial charge in [0.25, 0.3) is 5.91 Å². The van der Waals surface area contributed by atoms with Gasteiger partial charge < -0.3 is 4.74 Å². The number of fused-ring (bicyclic) bond motifs is 3. The van der Waals surface area contributed by atoms with Gasteiger partial charge in [0.2, 0.25) is 11.9 Å². The molecule has 2 aliphatic rings. The number of hydrogen-bond acceptors (Lipinski definition) is 4. The van der Waals surface area contributed by atoms with Gasteiger partial charge >= 0.3 is 12.0 Å². The number of amidine groups is 1. The zero-order valence-electron chi connectivity index (χ0n) is 15.1. The Morgan fingerprint density at radius 2 is 2.08 bits per heavy atom. The molecule has 2 aromatic rings. The van der Waals surface area contributed by atoms with Crippen LogP contribution in [0.2, 0.25) is 0 Å². The van der Waals surface area contributed by atoms with Crippen LogP contribution in [-0.2, 0) is 4.79 Å². The highest BCUT2D eigenvalue weighted by Crippen LogP contribution is 2.31. The normalized spacial score (nSPS) is 18.8. The second kappa shape index (κ2) is 5.69. The molecule has 0 aliphatic carbocycles. The molecule has 1 aromatic carbocycles. The van der Waals surface area contributed by atoms with Gasteiger partial charge in [-0.25, -0.2) is 9.36 Å². The number of imidazole rings is 1. The third-order valence-corrected chi connectivity index (χ3v) is 4.84. The summed E-state index contributed by atoms with van der Waals surface area (Å²) in [5.41, 5.74) is 1.82. The summed E-state index contributed by atoms with van der Waals surface area (Å²) in [6, 6.07) is 6.68. The summed E-state index contributed by atoms with van der Waals surface area (Å²) < 4.78 is 9.10. The summed E-state index contributed by atoms with van der Waals surface area (Å²) in [6.45, 7) is 4.08. The van der Waals surface area contributed by atoms with Crippen molar-refractivity contribution >= 4 is 23.7 Å². The quantitative estimate of drug-likeness (QED) is 0.786. The fraction of sp³-hybridized carbons (Fsp3) is 0.333. The Kier molecular flexibility index (Phi) is 3.57. The number of rotatable bonds is 3. The first-order valence-corrected chi connectivity index (χ1v) is 8.43. The summed E-state index contributed by atoms with van der Waals surface area (Å²) in [6.07, 6.45) is 1.89. The van der Waals surface area contributed by atoms with E-state index in [0.29, 0.717) is 18.3 Å². The Morgan fingerprint density at radius 1 is 1.31 bits per heavy atom. The van der Waals surface area contributed by atoms with E-state index in [1.54, 1.807) is 21.1 Å². The van der Waals surface area contributed by atoms with Crippen molar-refractivity contribution in [1.82, 2.24) is 14.4 Å². The monoisotopic (exact) mass is 354 g/mol. The minimum atomic E-state index is -0.613. The van der Waals surface area contributed by atoms with Crippen molar-refractivity contribution in [3.8, 4) is 11.4 Å². The average Bonchev–Trinajstić information content (AvgIpc) is 3.15. The number of aliphatic imine (C=N–C) groups is 1. The molecule has 26 heavy (non-hydrogen) atoms. The van der Waals surface area contributed by atoms with E-state index in [4.69, 9.17) is 4.74 Å². The van der Waals surface area contributed by atoms with Crippen LogP contribution in [0.3, 0.4) is 0 Å². The smallest absolute Gasteiger partial charge is 0.406 e. The molecule has 4 rings (SSSR count). The minimum absolute atomic E-state index is 0.249. The number of urea groups is 1. The molecule has 3 amide bonds. The molecule has 134 valence electrons. The maximum atomic E-state index is 12.9. The van der Waals surface area contributed by atoms with Crippen LogP contribution in [0.4, 0.5) is 10.7 Å². The summed E-state index contributed by atoms with van der Waals surface area (Å²) in [5, 5.41) is 0. The summed E-state index contributed by atoms with van der Waals surface area (Å²) in [5.74, 6) is 1.55. The van der Waals surface area contributed by atoms with Crippen molar-refractivity contribution in [1.29, 1.82) is 0 Å². The van der Waals surface area contributed by atoms with E-state index in [2.05, 4.69) is 4.99 Å². The molecule has 0 saturated carbocycles.